The van der Waals surface area contributed by atoms with E-state index < -0.39 is 0 Å². The number of aryl methyl sites for hydroxylation is 1. The lowest BCUT2D eigenvalue weighted by Gasteiger charge is -2.07. The van der Waals surface area contributed by atoms with Crippen LogP contribution >= 0.6 is 11.8 Å². The fraction of sp³-hybridized carbons (Fsp3) is 0.467. The van der Waals surface area contributed by atoms with Gasteiger partial charge in [0.25, 0.3) is 0 Å². The predicted molar refractivity (Wildman–Crippen MR) is 80.7 cm³/mol. The summed E-state index contributed by atoms with van der Waals surface area (Å²) in [5.41, 5.74) is 1.31. The molecule has 0 amide bonds. The summed E-state index contributed by atoms with van der Waals surface area (Å²) in [7, 11) is 0. The maximum absolute atomic E-state index is 5.66. The third-order valence-corrected chi connectivity index (χ3v) is 3.66. The molecule has 0 N–H and O–H groups in total. The number of aromatic nitrogens is 1. The van der Waals surface area contributed by atoms with Crippen molar-refractivity contribution in [1.29, 1.82) is 0 Å². The zero-order valence-electron chi connectivity index (χ0n) is 11.2. The second-order valence-electron chi connectivity index (χ2n) is 4.42. The van der Waals surface area contributed by atoms with E-state index in [9.17, 15) is 0 Å². The van der Waals surface area contributed by atoms with Gasteiger partial charge in [-0.05, 0) is 49.1 Å². The van der Waals surface area contributed by atoms with E-state index in [1.54, 1.807) is 0 Å². The summed E-state index contributed by atoms with van der Waals surface area (Å²) in [4.78, 5) is 0. The number of fused-ring (bicyclic) bond motifs is 1. The molecule has 0 atom stereocenters. The van der Waals surface area contributed by atoms with E-state index in [-0.39, 0.29) is 0 Å². The van der Waals surface area contributed by atoms with Crippen LogP contribution in [0.3, 0.4) is 0 Å². The molecule has 98 valence electrons. The molecule has 1 heterocycles. The Morgan fingerprint density at radius 2 is 2.17 bits per heavy atom. The van der Waals surface area contributed by atoms with Crippen LogP contribution in [0, 0.1) is 0 Å². The lowest BCUT2D eigenvalue weighted by molar-refractivity contribution is 0.318. The van der Waals surface area contributed by atoms with Crippen molar-refractivity contribution in [2.24, 2.45) is 0 Å². The molecule has 0 saturated carbocycles. The summed E-state index contributed by atoms with van der Waals surface area (Å²) in [5, 5.41) is 1.27. The van der Waals surface area contributed by atoms with Gasteiger partial charge in [0, 0.05) is 23.6 Å². The first-order chi connectivity index (χ1) is 8.85. The summed E-state index contributed by atoms with van der Waals surface area (Å²) < 4.78 is 7.99. The van der Waals surface area contributed by atoms with Gasteiger partial charge in [0.2, 0.25) is 0 Å². The Bertz CT molecular complexity index is 492. The van der Waals surface area contributed by atoms with Crippen molar-refractivity contribution in [3.63, 3.8) is 0 Å². The third kappa shape index (κ3) is 3.22. The van der Waals surface area contributed by atoms with Crippen molar-refractivity contribution in [2.45, 2.75) is 26.3 Å². The maximum atomic E-state index is 5.66. The molecule has 3 heteroatoms. The largest absolute Gasteiger partial charge is 0.494 e. The van der Waals surface area contributed by atoms with Gasteiger partial charge < -0.3 is 9.30 Å². The molecule has 0 fully saturated rings. The van der Waals surface area contributed by atoms with Gasteiger partial charge in [0.05, 0.1) is 6.61 Å². The molecule has 0 bridgehead atoms. The average Bonchev–Trinajstić information content (AvgIpc) is 2.79. The molecule has 0 radical (unpaired) electrons. The molecule has 1 aromatic heterocycles. The van der Waals surface area contributed by atoms with Crippen LogP contribution in [0.2, 0.25) is 0 Å². The second-order valence-corrected chi connectivity index (χ2v) is 5.41. The molecule has 2 rings (SSSR count). The van der Waals surface area contributed by atoms with E-state index in [1.807, 2.05) is 11.8 Å². The fourth-order valence-corrected chi connectivity index (χ4v) is 2.48. The van der Waals surface area contributed by atoms with Crippen LogP contribution in [0.25, 0.3) is 10.9 Å². The van der Waals surface area contributed by atoms with Crippen molar-refractivity contribution in [3.05, 3.63) is 30.5 Å². The number of hydrogen-bond acceptors (Lipinski definition) is 2. The Hall–Kier alpha value is -1.09. The average molecular weight is 263 g/mol. The molecule has 2 nitrogen and oxygen atoms in total. The van der Waals surface area contributed by atoms with Crippen LogP contribution in [0.1, 0.15) is 19.8 Å². The Balaban J connectivity index is 2.10. The minimum atomic E-state index is 0.792. The van der Waals surface area contributed by atoms with E-state index >= 15 is 0 Å². The first-order valence-electron chi connectivity index (χ1n) is 6.55. The lowest BCUT2D eigenvalue weighted by atomic mass is 10.2. The Morgan fingerprint density at radius 3 is 2.94 bits per heavy atom. The van der Waals surface area contributed by atoms with Gasteiger partial charge in [-0.15, -0.1) is 0 Å². The third-order valence-electron chi connectivity index (χ3n) is 2.96. The van der Waals surface area contributed by atoms with Gasteiger partial charge in [-0.1, -0.05) is 6.92 Å². The minimum Gasteiger partial charge on any atom is -0.494 e. The molecule has 0 aliphatic rings. The number of benzene rings is 1. The highest BCUT2D eigenvalue weighted by atomic mass is 32.2. The van der Waals surface area contributed by atoms with E-state index in [0.717, 1.165) is 25.3 Å². The number of hydrogen-bond donors (Lipinski definition) is 0. The summed E-state index contributed by atoms with van der Waals surface area (Å²) in [6.07, 6.45) is 6.60. The van der Waals surface area contributed by atoms with Gasteiger partial charge in [-0.3, -0.25) is 0 Å². The first-order valence-corrected chi connectivity index (χ1v) is 7.95. The zero-order chi connectivity index (χ0) is 12.8. The standard InChI is InChI=1S/C15H21NOS/c1-3-10-17-14-5-6-15-13(12-14)7-9-16(15)8-4-11-18-2/h5-7,9,12H,3-4,8,10-11H2,1-2H3. The minimum absolute atomic E-state index is 0.792. The van der Waals surface area contributed by atoms with Crippen LogP contribution in [0.5, 0.6) is 5.75 Å². The topological polar surface area (TPSA) is 14.2 Å². The van der Waals surface area contributed by atoms with E-state index in [4.69, 9.17) is 4.74 Å². The quantitative estimate of drug-likeness (QED) is 0.696. The van der Waals surface area contributed by atoms with Crippen LogP contribution in [-0.2, 0) is 6.54 Å². The Labute approximate surface area is 113 Å². The lowest BCUT2D eigenvalue weighted by Crippen LogP contribution is -1.97. The highest BCUT2D eigenvalue weighted by Gasteiger charge is 2.02. The van der Waals surface area contributed by atoms with Crippen molar-refractivity contribution >= 4 is 22.7 Å². The number of nitrogens with zero attached hydrogens (tertiary/aromatic N) is 1. The normalized spacial score (nSPS) is 11.0. The van der Waals surface area contributed by atoms with Gasteiger partial charge in [0.15, 0.2) is 0 Å². The SMILES string of the molecule is CCCOc1ccc2c(ccn2CCCSC)c1. The van der Waals surface area contributed by atoms with Crippen LogP contribution < -0.4 is 4.74 Å². The molecule has 18 heavy (non-hydrogen) atoms. The first kappa shape index (κ1) is 13.3. The fourth-order valence-electron chi connectivity index (χ4n) is 2.06. The number of thioether (sulfide) groups is 1. The summed E-state index contributed by atoms with van der Waals surface area (Å²) >= 11 is 1.91. The monoisotopic (exact) mass is 263 g/mol. The van der Waals surface area contributed by atoms with Gasteiger partial charge in [-0.25, -0.2) is 0 Å². The summed E-state index contributed by atoms with van der Waals surface area (Å²) in [5.74, 6) is 2.20. The van der Waals surface area contributed by atoms with Crippen LogP contribution in [0.15, 0.2) is 30.5 Å². The zero-order valence-corrected chi connectivity index (χ0v) is 12.0. The van der Waals surface area contributed by atoms with Crippen molar-refractivity contribution in [3.8, 4) is 5.75 Å². The molecule has 0 saturated heterocycles. The molecule has 0 aliphatic heterocycles. The van der Waals surface area contributed by atoms with Crippen LogP contribution in [-0.4, -0.2) is 23.2 Å². The molecular weight excluding hydrogens is 242 g/mol. The summed E-state index contributed by atoms with van der Waals surface area (Å²) in [6, 6.07) is 8.55. The predicted octanol–water partition coefficient (Wildman–Crippen LogP) is 4.18. The van der Waals surface area contributed by atoms with Crippen LogP contribution in [0.4, 0.5) is 0 Å². The molecule has 2 aromatic rings. The second kappa shape index (κ2) is 6.74. The maximum Gasteiger partial charge on any atom is 0.120 e. The number of ether oxygens (including phenoxy) is 1. The Kier molecular flexibility index (Phi) is 5.00. The molecular formula is C15H21NOS. The van der Waals surface area contributed by atoms with E-state index in [2.05, 4.69) is 48.2 Å². The van der Waals surface area contributed by atoms with E-state index in [1.165, 1.54) is 23.1 Å². The van der Waals surface area contributed by atoms with E-state index in [0.29, 0.717) is 0 Å². The Morgan fingerprint density at radius 1 is 1.28 bits per heavy atom. The highest BCUT2D eigenvalue weighted by Crippen LogP contribution is 2.22. The molecule has 0 spiro atoms. The smallest absolute Gasteiger partial charge is 0.120 e. The van der Waals surface area contributed by atoms with Crippen molar-refractivity contribution in [1.82, 2.24) is 4.57 Å². The molecule has 0 unspecified atom stereocenters. The molecule has 1 aromatic carbocycles. The van der Waals surface area contributed by atoms with Gasteiger partial charge in [-0.2, -0.15) is 11.8 Å². The van der Waals surface area contributed by atoms with Gasteiger partial charge in [0.1, 0.15) is 5.75 Å². The van der Waals surface area contributed by atoms with Crippen molar-refractivity contribution < 1.29 is 4.74 Å². The summed E-state index contributed by atoms with van der Waals surface area (Å²) in [6.45, 7) is 4.01. The molecule has 0 aliphatic carbocycles. The highest BCUT2D eigenvalue weighted by molar-refractivity contribution is 7.98. The number of rotatable bonds is 7. The van der Waals surface area contributed by atoms with Crippen molar-refractivity contribution in [2.75, 3.05) is 18.6 Å². The van der Waals surface area contributed by atoms with Gasteiger partial charge >= 0.3 is 0 Å².